The van der Waals surface area contributed by atoms with Crippen molar-refractivity contribution in [2.45, 2.75) is 44.6 Å². The molecule has 0 bridgehead atoms. The SMILES string of the molecule is O=C(NCCc1csc(-c2ccccc2Cl)n1)C1CC(=O)N(C2CCCC2)C1. The Bertz CT molecular complexity index is 863. The van der Waals surface area contributed by atoms with Gasteiger partial charge in [-0.25, -0.2) is 4.98 Å². The molecule has 1 unspecified atom stereocenters. The third-order valence-corrected chi connectivity index (χ3v) is 6.89. The number of hydrogen-bond acceptors (Lipinski definition) is 4. The average molecular weight is 418 g/mol. The van der Waals surface area contributed by atoms with Crippen LogP contribution in [-0.4, -0.2) is 40.8 Å². The number of rotatable bonds is 6. The zero-order valence-corrected chi connectivity index (χ0v) is 17.3. The van der Waals surface area contributed by atoms with E-state index < -0.39 is 0 Å². The minimum Gasteiger partial charge on any atom is -0.355 e. The Morgan fingerprint density at radius 2 is 2.07 bits per heavy atom. The molecule has 0 spiro atoms. The van der Waals surface area contributed by atoms with E-state index in [9.17, 15) is 9.59 Å². The molecule has 2 heterocycles. The highest BCUT2D eigenvalue weighted by Gasteiger charge is 2.38. The van der Waals surface area contributed by atoms with Gasteiger partial charge in [0.15, 0.2) is 0 Å². The number of carbonyl (C=O) groups excluding carboxylic acids is 2. The van der Waals surface area contributed by atoms with E-state index in [2.05, 4.69) is 10.3 Å². The predicted molar refractivity (Wildman–Crippen MR) is 111 cm³/mol. The minimum absolute atomic E-state index is 0.0181. The van der Waals surface area contributed by atoms with E-state index in [1.807, 2.05) is 34.5 Å². The fourth-order valence-corrected chi connectivity index (χ4v) is 5.29. The molecule has 7 heteroatoms. The number of amides is 2. The Kier molecular flexibility index (Phi) is 5.97. The van der Waals surface area contributed by atoms with E-state index in [4.69, 9.17) is 11.6 Å². The molecule has 2 aromatic rings. The van der Waals surface area contributed by atoms with E-state index in [0.29, 0.717) is 37.0 Å². The zero-order chi connectivity index (χ0) is 19.5. The summed E-state index contributed by atoms with van der Waals surface area (Å²) in [5, 5.41) is 6.57. The van der Waals surface area contributed by atoms with E-state index in [1.54, 1.807) is 11.3 Å². The molecular weight excluding hydrogens is 394 g/mol. The lowest BCUT2D eigenvalue weighted by molar-refractivity contribution is -0.130. The summed E-state index contributed by atoms with van der Waals surface area (Å²) in [6.45, 7) is 1.10. The summed E-state index contributed by atoms with van der Waals surface area (Å²) in [6.07, 6.45) is 5.55. The van der Waals surface area contributed by atoms with Crippen LogP contribution in [0.1, 0.15) is 37.8 Å². The molecule has 2 fully saturated rings. The summed E-state index contributed by atoms with van der Waals surface area (Å²) in [5.74, 6) is -0.103. The first-order valence-corrected chi connectivity index (χ1v) is 11.1. The standard InChI is InChI=1S/C21H24ClN3O2S/c22-18-8-4-3-7-17(18)21-24-15(13-28-21)9-10-23-20(27)14-11-19(26)25(12-14)16-5-1-2-6-16/h3-4,7-8,13-14,16H,1-2,5-6,9-12H2,(H,23,27). The summed E-state index contributed by atoms with van der Waals surface area (Å²) in [7, 11) is 0. The van der Waals surface area contributed by atoms with Gasteiger partial charge < -0.3 is 10.2 Å². The number of aromatic nitrogens is 1. The lowest BCUT2D eigenvalue weighted by Gasteiger charge is -2.23. The summed E-state index contributed by atoms with van der Waals surface area (Å²) in [4.78, 5) is 31.3. The fourth-order valence-electron chi connectivity index (χ4n) is 4.11. The second kappa shape index (κ2) is 8.62. The smallest absolute Gasteiger partial charge is 0.225 e. The molecule has 2 amide bonds. The van der Waals surface area contributed by atoms with Crippen molar-refractivity contribution in [3.8, 4) is 10.6 Å². The first-order valence-electron chi connectivity index (χ1n) is 9.88. The van der Waals surface area contributed by atoms with Crippen molar-refractivity contribution >= 4 is 34.8 Å². The number of benzene rings is 1. The maximum atomic E-state index is 12.5. The molecule has 1 aromatic carbocycles. The van der Waals surface area contributed by atoms with Gasteiger partial charge >= 0.3 is 0 Å². The van der Waals surface area contributed by atoms with Crippen LogP contribution < -0.4 is 5.32 Å². The molecule has 5 nitrogen and oxygen atoms in total. The van der Waals surface area contributed by atoms with Crippen LogP contribution in [0, 0.1) is 5.92 Å². The second-order valence-electron chi connectivity index (χ2n) is 7.55. The summed E-state index contributed by atoms with van der Waals surface area (Å²) in [5.41, 5.74) is 1.87. The van der Waals surface area contributed by atoms with Crippen LogP contribution in [0.4, 0.5) is 0 Å². The highest BCUT2D eigenvalue weighted by molar-refractivity contribution is 7.13. The maximum Gasteiger partial charge on any atom is 0.225 e. The van der Waals surface area contributed by atoms with Gasteiger partial charge in [-0.05, 0) is 18.9 Å². The molecule has 1 aliphatic heterocycles. The van der Waals surface area contributed by atoms with Crippen LogP contribution in [0.5, 0.6) is 0 Å². The third kappa shape index (κ3) is 4.23. The van der Waals surface area contributed by atoms with Gasteiger partial charge in [-0.3, -0.25) is 9.59 Å². The molecule has 1 atom stereocenters. The molecule has 4 rings (SSSR count). The van der Waals surface area contributed by atoms with Crippen molar-refractivity contribution in [3.63, 3.8) is 0 Å². The molecule has 1 saturated carbocycles. The van der Waals surface area contributed by atoms with Crippen LogP contribution in [0.15, 0.2) is 29.6 Å². The lowest BCUT2D eigenvalue weighted by Crippen LogP contribution is -2.37. The van der Waals surface area contributed by atoms with Crippen molar-refractivity contribution in [3.05, 3.63) is 40.4 Å². The van der Waals surface area contributed by atoms with Gasteiger partial charge in [0.25, 0.3) is 0 Å². The maximum absolute atomic E-state index is 12.5. The Morgan fingerprint density at radius 3 is 2.86 bits per heavy atom. The van der Waals surface area contributed by atoms with Gasteiger partial charge in [0.2, 0.25) is 11.8 Å². The highest BCUT2D eigenvalue weighted by atomic mass is 35.5. The van der Waals surface area contributed by atoms with Gasteiger partial charge in [-0.15, -0.1) is 11.3 Å². The van der Waals surface area contributed by atoms with E-state index in [0.717, 1.165) is 29.1 Å². The molecule has 2 aliphatic rings. The van der Waals surface area contributed by atoms with Crippen LogP contribution in [0.3, 0.4) is 0 Å². The Morgan fingerprint density at radius 1 is 1.29 bits per heavy atom. The van der Waals surface area contributed by atoms with Crippen molar-refractivity contribution in [2.24, 2.45) is 5.92 Å². The monoisotopic (exact) mass is 417 g/mol. The minimum atomic E-state index is -0.220. The first kappa shape index (κ1) is 19.4. The highest BCUT2D eigenvalue weighted by Crippen LogP contribution is 2.31. The molecule has 28 heavy (non-hydrogen) atoms. The van der Waals surface area contributed by atoms with E-state index >= 15 is 0 Å². The summed E-state index contributed by atoms with van der Waals surface area (Å²) >= 11 is 7.79. The third-order valence-electron chi connectivity index (χ3n) is 5.63. The number of nitrogens with zero attached hydrogens (tertiary/aromatic N) is 2. The normalized spacial score (nSPS) is 20.1. The first-order chi connectivity index (χ1) is 13.6. The van der Waals surface area contributed by atoms with Crippen LogP contribution in [0.25, 0.3) is 10.6 Å². The number of carbonyl (C=O) groups is 2. The topological polar surface area (TPSA) is 62.3 Å². The molecule has 1 aliphatic carbocycles. The summed E-state index contributed by atoms with van der Waals surface area (Å²) in [6, 6.07) is 8.01. The van der Waals surface area contributed by atoms with Crippen molar-refractivity contribution in [1.82, 2.24) is 15.2 Å². The largest absolute Gasteiger partial charge is 0.355 e. The van der Waals surface area contributed by atoms with Gasteiger partial charge in [0.05, 0.1) is 16.6 Å². The quantitative estimate of drug-likeness (QED) is 0.774. The molecule has 1 aromatic heterocycles. The number of nitrogens with one attached hydrogen (secondary N) is 1. The van der Waals surface area contributed by atoms with Crippen LogP contribution in [-0.2, 0) is 16.0 Å². The molecule has 1 N–H and O–H groups in total. The molecule has 148 valence electrons. The van der Waals surface area contributed by atoms with Gasteiger partial charge in [0, 0.05) is 42.9 Å². The molecule has 1 saturated heterocycles. The fraction of sp³-hybridized carbons (Fsp3) is 0.476. The lowest BCUT2D eigenvalue weighted by atomic mass is 10.1. The Hall–Kier alpha value is -1.92. The van der Waals surface area contributed by atoms with Crippen LogP contribution in [0.2, 0.25) is 5.02 Å². The Balaban J connectivity index is 1.27. The average Bonchev–Trinajstić information content (AvgIpc) is 3.42. The molecular formula is C21H24ClN3O2S. The number of likely N-dealkylation sites (tertiary alicyclic amines) is 1. The van der Waals surface area contributed by atoms with Crippen molar-refractivity contribution < 1.29 is 9.59 Å². The predicted octanol–water partition coefficient (Wildman–Crippen LogP) is 3.91. The number of halogens is 1. The second-order valence-corrected chi connectivity index (χ2v) is 8.82. The number of hydrogen-bond donors (Lipinski definition) is 1. The molecule has 0 radical (unpaired) electrons. The van der Waals surface area contributed by atoms with E-state index in [-0.39, 0.29) is 17.7 Å². The van der Waals surface area contributed by atoms with Crippen molar-refractivity contribution in [2.75, 3.05) is 13.1 Å². The van der Waals surface area contributed by atoms with Gasteiger partial charge in [0.1, 0.15) is 5.01 Å². The van der Waals surface area contributed by atoms with Crippen molar-refractivity contribution in [1.29, 1.82) is 0 Å². The van der Waals surface area contributed by atoms with E-state index in [1.165, 1.54) is 12.8 Å². The van der Waals surface area contributed by atoms with Gasteiger partial charge in [-0.1, -0.05) is 42.6 Å². The Labute approximate surface area is 174 Å². The van der Waals surface area contributed by atoms with Gasteiger partial charge in [-0.2, -0.15) is 0 Å². The number of thiazole rings is 1. The zero-order valence-electron chi connectivity index (χ0n) is 15.7. The summed E-state index contributed by atoms with van der Waals surface area (Å²) < 4.78 is 0. The van der Waals surface area contributed by atoms with Crippen LogP contribution >= 0.6 is 22.9 Å².